The number of halogens is 1. The maximum Gasteiger partial charge on any atom is 0.338 e. The highest BCUT2D eigenvalue weighted by molar-refractivity contribution is 9.10. The number of benzene rings is 3. The average Bonchev–Trinajstić information content (AvgIpc) is 3.33. The summed E-state index contributed by atoms with van der Waals surface area (Å²) in [6, 6.07) is 19.6. The van der Waals surface area contributed by atoms with E-state index in [0.29, 0.717) is 53.4 Å². The van der Waals surface area contributed by atoms with Crippen molar-refractivity contribution >= 4 is 39.3 Å². The first kappa shape index (κ1) is 32.7. The summed E-state index contributed by atoms with van der Waals surface area (Å²) in [5.74, 6) is 0.936. The number of nitriles is 1. The van der Waals surface area contributed by atoms with Gasteiger partial charge in [-0.1, -0.05) is 47.7 Å². The number of aromatic nitrogens is 1. The zero-order valence-electron chi connectivity index (χ0n) is 26.0. The predicted molar refractivity (Wildman–Crippen MR) is 179 cm³/mol. The normalized spacial score (nSPS) is 14.4. The minimum atomic E-state index is -0.805. The Hall–Kier alpha value is -4.66. The van der Waals surface area contributed by atoms with Gasteiger partial charge < -0.3 is 18.9 Å². The summed E-state index contributed by atoms with van der Waals surface area (Å²) in [7, 11) is 1.53. The van der Waals surface area contributed by atoms with Crippen molar-refractivity contribution in [3.8, 4) is 23.3 Å². The van der Waals surface area contributed by atoms with E-state index in [-0.39, 0.29) is 30.5 Å². The molecule has 0 amide bonds. The van der Waals surface area contributed by atoms with Crippen molar-refractivity contribution in [1.82, 2.24) is 4.57 Å². The number of ether oxygens (including phenoxy) is 4. The Kier molecular flexibility index (Phi) is 10.1. The van der Waals surface area contributed by atoms with Gasteiger partial charge >= 0.3 is 5.97 Å². The number of nitrogens with zero attached hydrogens (tertiary/aromatic N) is 3. The van der Waals surface area contributed by atoms with E-state index in [1.54, 1.807) is 38.1 Å². The highest BCUT2D eigenvalue weighted by Gasteiger charge is 2.35. The van der Waals surface area contributed by atoms with Gasteiger partial charge in [-0.3, -0.25) is 9.36 Å². The van der Waals surface area contributed by atoms with E-state index in [0.717, 1.165) is 5.56 Å². The number of hydrogen-bond donors (Lipinski definition) is 0. The molecule has 1 aliphatic heterocycles. The molecule has 46 heavy (non-hydrogen) atoms. The Balaban J connectivity index is 1.60. The SMILES string of the molecule is CCOC(=O)C1=C(C)N=c2s/c(=C/c3cc(Br)c(OCc4ccccc4C#N)c(OC)c3)c(=O)n2[C@@H]1c1ccccc1OC(C)C. The van der Waals surface area contributed by atoms with Crippen molar-refractivity contribution in [3.05, 3.63) is 118 Å². The Bertz CT molecular complexity index is 2060. The minimum absolute atomic E-state index is 0.130. The van der Waals surface area contributed by atoms with E-state index in [1.807, 2.05) is 56.3 Å². The Morgan fingerprint density at radius 1 is 1.15 bits per heavy atom. The van der Waals surface area contributed by atoms with Crippen LogP contribution >= 0.6 is 27.3 Å². The number of carbonyl (C=O) groups is 1. The number of hydrogen-bond acceptors (Lipinski definition) is 9. The number of allylic oxidation sites excluding steroid dienone is 1. The van der Waals surface area contributed by atoms with Gasteiger partial charge in [-0.15, -0.1) is 0 Å². The van der Waals surface area contributed by atoms with Gasteiger partial charge in [-0.2, -0.15) is 5.26 Å². The second kappa shape index (κ2) is 14.2. The molecule has 0 unspecified atom stereocenters. The van der Waals surface area contributed by atoms with Crippen LogP contribution < -0.4 is 29.1 Å². The van der Waals surface area contributed by atoms with Crippen LogP contribution in [-0.2, 0) is 16.1 Å². The minimum Gasteiger partial charge on any atom is -0.493 e. The fraction of sp³-hybridized carbons (Fsp3) is 0.257. The van der Waals surface area contributed by atoms with Gasteiger partial charge in [-0.25, -0.2) is 9.79 Å². The van der Waals surface area contributed by atoms with Crippen LogP contribution in [0.4, 0.5) is 0 Å². The molecule has 0 bridgehead atoms. The zero-order valence-corrected chi connectivity index (χ0v) is 28.4. The Morgan fingerprint density at radius 2 is 1.89 bits per heavy atom. The molecule has 1 aromatic heterocycles. The number of para-hydroxylation sites is 1. The quantitative estimate of drug-likeness (QED) is 0.192. The van der Waals surface area contributed by atoms with Crippen LogP contribution in [0.25, 0.3) is 6.08 Å². The molecule has 5 rings (SSSR count). The van der Waals surface area contributed by atoms with Gasteiger partial charge in [0, 0.05) is 11.1 Å². The number of methoxy groups -OCH3 is 1. The van der Waals surface area contributed by atoms with Gasteiger partial charge in [0.15, 0.2) is 16.3 Å². The van der Waals surface area contributed by atoms with Crippen LogP contribution in [0, 0.1) is 11.3 Å². The first-order valence-corrected chi connectivity index (χ1v) is 16.2. The number of thiazole rings is 1. The van der Waals surface area contributed by atoms with Gasteiger partial charge in [0.05, 0.1) is 51.7 Å². The third kappa shape index (κ3) is 6.64. The molecule has 0 radical (unpaired) electrons. The van der Waals surface area contributed by atoms with Crippen molar-refractivity contribution in [1.29, 1.82) is 5.26 Å². The lowest BCUT2D eigenvalue weighted by atomic mass is 9.95. The van der Waals surface area contributed by atoms with E-state index in [2.05, 4.69) is 27.0 Å². The summed E-state index contributed by atoms with van der Waals surface area (Å²) in [5, 5.41) is 9.43. The lowest BCUT2D eigenvalue weighted by Gasteiger charge is -2.26. The van der Waals surface area contributed by atoms with E-state index in [9.17, 15) is 14.9 Å². The van der Waals surface area contributed by atoms with Crippen LogP contribution in [0.3, 0.4) is 0 Å². The molecule has 0 fully saturated rings. The third-order valence-electron chi connectivity index (χ3n) is 7.15. The largest absolute Gasteiger partial charge is 0.493 e. The van der Waals surface area contributed by atoms with Crippen LogP contribution in [-0.4, -0.2) is 30.4 Å². The van der Waals surface area contributed by atoms with E-state index >= 15 is 0 Å². The average molecular weight is 703 g/mol. The van der Waals surface area contributed by atoms with Crippen molar-refractivity contribution < 1.29 is 23.7 Å². The molecule has 4 aromatic rings. The molecular weight excluding hydrogens is 670 g/mol. The van der Waals surface area contributed by atoms with Crippen molar-refractivity contribution in [2.45, 2.75) is 46.4 Å². The smallest absolute Gasteiger partial charge is 0.338 e. The molecule has 1 atom stereocenters. The lowest BCUT2D eigenvalue weighted by Crippen LogP contribution is -2.40. The summed E-state index contributed by atoms with van der Waals surface area (Å²) in [6.07, 6.45) is 1.62. The summed E-state index contributed by atoms with van der Waals surface area (Å²) in [5.41, 5.74) is 3.05. The fourth-order valence-electron chi connectivity index (χ4n) is 5.17. The third-order valence-corrected chi connectivity index (χ3v) is 8.72. The van der Waals surface area contributed by atoms with Gasteiger partial charge in [0.2, 0.25) is 0 Å². The summed E-state index contributed by atoms with van der Waals surface area (Å²) in [6.45, 7) is 7.67. The Morgan fingerprint density at radius 3 is 2.61 bits per heavy atom. The molecule has 236 valence electrons. The second-order valence-electron chi connectivity index (χ2n) is 10.6. The maximum atomic E-state index is 14.2. The topological polar surface area (TPSA) is 112 Å². The number of fused-ring (bicyclic) bond motifs is 1. The maximum absolute atomic E-state index is 14.2. The fourth-order valence-corrected chi connectivity index (χ4v) is 6.79. The standard InChI is InChI=1S/C35H32BrN3O6S/c1-6-43-34(41)30-21(4)38-35-39(31(30)25-13-9-10-14-27(25)45-20(2)3)33(40)29(46-35)17-22-15-26(36)32(28(16-22)42-5)44-19-24-12-8-7-11-23(24)18-37/h7-17,20,31H,6,19H2,1-5H3/b29-17+/t31-/m1/s1. The summed E-state index contributed by atoms with van der Waals surface area (Å²) < 4.78 is 25.8. The van der Waals surface area contributed by atoms with Crippen LogP contribution in [0.5, 0.6) is 17.2 Å². The summed E-state index contributed by atoms with van der Waals surface area (Å²) >= 11 is 4.81. The predicted octanol–water partition coefficient (Wildman–Crippen LogP) is 5.81. The van der Waals surface area contributed by atoms with E-state index in [4.69, 9.17) is 18.9 Å². The molecule has 11 heteroatoms. The molecule has 0 saturated heterocycles. The highest BCUT2D eigenvalue weighted by Crippen LogP contribution is 2.38. The Labute approximate surface area is 278 Å². The molecule has 3 aromatic carbocycles. The molecule has 2 heterocycles. The molecular formula is C35H32BrN3O6S. The zero-order chi connectivity index (χ0) is 33.0. The second-order valence-corrected chi connectivity index (χ2v) is 12.5. The van der Waals surface area contributed by atoms with Crippen LogP contribution in [0.2, 0.25) is 0 Å². The molecule has 0 spiro atoms. The number of esters is 1. The highest BCUT2D eigenvalue weighted by atomic mass is 79.9. The van der Waals surface area contributed by atoms with Crippen molar-refractivity contribution in [2.24, 2.45) is 4.99 Å². The number of rotatable bonds is 10. The lowest BCUT2D eigenvalue weighted by molar-refractivity contribution is -0.139. The van der Waals surface area contributed by atoms with Gasteiger partial charge in [0.1, 0.15) is 18.4 Å². The van der Waals surface area contributed by atoms with E-state index in [1.165, 1.54) is 23.0 Å². The molecule has 0 aliphatic carbocycles. The van der Waals surface area contributed by atoms with E-state index < -0.39 is 12.0 Å². The first-order valence-electron chi connectivity index (χ1n) is 14.6. The molecule has 0 saturated carbocycles. The molecule has 9 nitrogen and oxygen atoms in total. The van der Waals surface area contributed by atoms with Crippen LogP contribution in [0.1, 0.15) is 56.0 Å². The molecule has 1 aliphatic rings. The van der Waals surface area contributed by atoms with Crippen molar-refractivity contribution in [3.63, 3.8) is 0 Å². The van der Waals surface area contributed by atoms with Gasteiger partial charge in [0.25, 0.3) is 5.56 Å². The van der Waals surface area contributed by atoms with Crippen molar-refractivity contribution in [2.75, 3.05) is 13.7 Å². The monoisotopic (exact) mass is 701 g/mol. The summed E-state index contributed by atoms with van der Waals surface area (Å²) in [4.78, 5) is 32.6. The molecule has 0 N–H and O–H groups in total. The van der Waals surface area contributed by atoms with Gasteiger partial charge in [-0.05, 0) is 79.5 Å². The first-order chi connectivity index (χ1) is 22.2. The number of carbonyl (C=O) groups excluding carboxylic acids is 1. The van der Waals surface area contributed by atoms with Crippen LogP contribution in [0.15, 0.2) is 86.2 Å².